The number of piperidine rings is 1. The van der Waals surface area contributed by atoms with Crippen molar-refractivity contribution in [3.63, 3.8) is 0 Å². The van der Waals surface area contributed by atoms with Crippen molar-refractivity contribution in [1.82, 2.24) is 19.7 Å². The zero-order valence-electron chi connectivity index (χ0n) is 19.0. The largest absolute Gasteiger partial charge is 0.444 e. The van der Waals surface area contributed by atoms with Gasteiger partial charge in [0.15, 0.2) is 5.82 Å². The Hall–Kier alpha value is -3.13. The fraction of sp³-hybridized carbons (Fsp3) is 0.435. The molecule has 3 rings (SSSR count). The van der Waals surface area contributed by atoms with Gasteiger partial charge in [-0.05, 0) is 59.0 Å². The molecule has 0 unspecified atom stereocenters. The highest BCUT2D eigenvalue weighted by atomic mass is 16.5. The number of ether oxygens (including phenoxy) is 1. The first-order chi connectivity index (χ1) is 14.9. The third-order valence-electron chi connectivity index (χ3n) is 5.39. The average molecular weight is 425 g/mol. The molecule has 0 atom stereocenters. The third kappa shape index (κ3) is 6.18. The lowest BCUT2D eigenvalue weighted by Gasteiger charge is -2.35. The van der Waals surface area contributed by atoms with Crippen LogP contribution in [-0.4, -0.2) is 58.8 Å². The van der Waals surface area contributed by atoms with Gasteiger partial charge in [0, 0.05) is 44.0 Å². The van der Waals surface area contributed by atoms with Gasteiger partial charge in [0.1, 0.15) is 11.6 Å². The van der Waals surface area contributed by atoms with Gasteiger partial charge in [0.05, 0.1) is 0 Å². The molecule has 8 heteroatoms. The maximum absolute atomic E-state index is 12.9. The molecule has 1 aliphatic rings. The number of aryl methyl sites for hydroxylation is 1. The number of pyridine rings is 1. The molecule has 1 N–H and O–H groups in total. The number of carbonyl (C=O) groups excluding carboxylic acids is 1. The number of nitrogens with one attached hydrogen (secondary N) is 1. The minimum Gasteiger partial charge on any atom is -0.444 e. The van der Waals surface area contributed by atoms with Gasteiger partial charge in [-0.3, -0.25) is 9.48 Å². The highest BCUT2D eigenvalue weighted by Crippen LogP contribution is 2.25. The van der Waals surface area contributed by atoms with Crippen LogP contribution in [0.25, 0.3) is 0 Å². The van der Waals surface area contributed by atoms with Crippen molar-refractivity contribution < 1.29 is 9.53 Å². The van der Waals surface area contributed by atoms with Gasteiger partial charge in [-0.1, -0.05) is 12.2 Å². The number of hydrogen-bond donors (Lipinski definition) is 1. The Balaban J connectivity index is 1.88. The number of hydrogen-bond acceptors (Lipinski definition) is 6. The van der Waals surface area contributed by atoms with Crippen molar-refractivity contribution in [3.8, 4) is 5.88 Å². The van der Waals surface area contributed by atoms with Gasteiger partial charge in [-0.25, -0.2) is 0 Å². The van der Waals surface area contributed by atoms with Gasteiger partial charge in [-0.2, -0.15) is 10.1 Å². The number of amides is 1. The molecule has 2 aromatic heterocycles. The molecule has 2 aromatic rings. The summed E-state index contributed by atoms with van der Waals surface area (Å²) in [7, 11) is 5.98. The van der Waals surface area contributed by atoms with Gasteiger partial charge in [0.2, 0.25) is 5.88 Å². The van der Waals surface area contributed by atoms with E-state index in [-0.39, 0.29) is 5.91 Å². The Kier molecular flexibility index (Phi) is 7.46. The molecule has 31 heavy (non-hydrogen) atoms. The molecular formula is C23H32N6O2. The van der Waals surface area contributed by atoms with E-state index >= 15 is 0 Å². The highest BCUT2D eigenvalue weighted by molar-refractivity contribution is 6.04. The number of likely N-dealkylation sites (tertiary alicyclic amines) is 1. The molecule has 1 amide bonds. The topological polar surface area (TPSA) is 75.5 Å². The molecule has 166 valence electrons. The Morgan fingerprint density at radius 1 is 1.29 bits per heavy atom. The smallest absolute Gasteiger partial charge is 0.257 e. The van der Waals surface area contributed by atoms with E-state index in [1.807, 2.05) is 52.2 Å². The fourth-order valence-corrected chi connectivity index (χ4v) is 3.53. The van der Waals surface area contributed by atoms with Crippen molar-refractivity contribution in [2.45, 2.75) is 32.7 Å². The maximum atomic E-state index is 12.9. The SMILES string of the molecule is C/C=C\C=C(/C)Oc1cc(C(=O)Nc2ccn(C)n2)cc(N(C)C2CCN(C)CC2)n1. The van der Waals surface area contributed by atoms with Crippen molar-refractivity contribution in [1.29, 1.82) is 0 Å². The average Bonchev–Trinajstić information content (AvgIpc) is 3.16. The summed E-state index contributed by atoms with van der Waals surface area (Å²) in [5, 5.41) is 7.07. The van der Waals surface area contributed by atoms with Crippen LogP contribution in [-0.2, 0) is 7.05 Å². The summed E-state index contributed by atoms with van der Waals surface area (Å²) in [6, 6.07) is 5.60. The third-order valence-corrected chi connectivity index (χ3v) is 5.39. The van der Waals surface area contributed by atoms with Crippen LogP contribution < -0.4 is 15.0 Å². The van der Waals surface area contributed by atoms with Crippen LogP contribution in [0.15, 0.2) is 48.4 Å². The summed E-state index contributed by atoms with van der Waals surface area (Å²) in [5.41, 5.74) is 0.476. The number of allylic oxidation sites excluding steroid dienone is 4. The number of nitrogens with zero attached hydrogens (tertiary/aromatic N) is 5. The summed E-state index contributed by atoms with van der Waals surface area (Å²) < 4.78 is 7.57. The Labute approximate surface area is 184 Å². The molecular weight excluding hydrogens is 392 g/mol. The zero-order valence-corrected chi connectivity index (χ0v) is 19.0. The lowest BCUT2D eigenvalue weighted by Crippen LogP contribution is -2.42. The van der Waals surface area contributed by atoms with Crippen LogP contribution in [0, 0.1) is 0 Å². The first-order valence-electron chi connectivity index (χ1n) is 10.6. The molecule has 8 nitrogen and oxygen atoms in total. The first kappa shape index (κ1) is 22.6. The Morgan fingerprint density at radius 2 is 2.03 bits per heavy atom. The number of rotatable bonds is 7. The standard InChI is InChI=1S/C23H32N6O2/c1-6-7-8-17(2)31-22-16-18(23(30)24-20-11-14-28(4)26-20)15-21(25-22)29(5)19-9-12-27(3)13-10-19/h6-8,11,14-16,19H,9-10,12-13H2,1-5H3,(H,24,26,30)/b7-6-,17-8+. The highest BCUT2D eigenvalue weighted by Gasteiger charge is 2.23. The second kappa shape index (κ2) is 10.3. The Morgan fingerprint density at radius 3 is 2.68 bits per heavy atom. The van der Waals surface area contributed by atoms with E-state index in [0.29, 0.717) is 29.1 Å². The molecule has 0 aromatic carbocycles. The minimum absolute atomic E-state index is 0.251. The van der Waals surface area contributed by atoms with Crippen LogP contribution in [0.5, 0.6) is 5.88 Å². The van der Waals surface area contributed by atoms with E-state index in [1.165, 1.54) is 0 Å². The van der Waals surface area contributed by atoms with Crippen molar-refractivity contribution >= 4 is 17.5 Å². The predicted octanol–water partition coefficient (Wildman–Crippen LogP) is 3.46. The summed E-state index contributed by atoms with van der Waals surface area (Å²) in [6.07, 6.45) is 9.58. The first-order valence-corrected chi connectivity index (χ1v) is 10.6. The summed E-state index contributed by atoms with van der Waals surface area (Å²) in [4.78, 5) is 22.1. The molecule has 0 bridgehead atoms. The molecule has 0 aliphatic carbocycles. The van der Waals surface area contributed by atoms with Crippen LogP contribution in [0.2, 0.25) is 0 Å². The number of aromatic nitrogens is 3. The van der Waals surface area contributed by atoms with Crippen LogP contribution in [0.3, 0.4) is 0 Å². The lowest BCUT2D eigenvalue weighted by molar-refractivity contribution is 0.102. The monoisotopic (exact) mass is 424 g/mol. The van der Waals surface area contributed by atoms with Crippen molar-refractivity contribution in [2.24, 2.45) is 7.05 Å². The lowest BCUT2D eigenvalue weighted by atomic mass is 10.0. The van der Waals surface area contributed by atoms with Crippen molar-refractivity contribution in [3.05, 3.63) is 53.9 Å². The van der Waals surface area contributed by atoms with E-state index in [4.69, 9.17) is 9.72 Å². The number of carbonyl (C=O) groups is 1. The van der Waals surface area contributed by atoms with Gasteiger partial charge in [0.25, 0.3) is 5.91 Å². The molecule has 0 saturated carbocycles. The number of anilines is 2. The van der Waals surface area contributed by atoms with Crippen molar-refractivity contribution in [2.75, 3.05) is 37.4 Å². The quantitative estimate of drug-likeness (QED) is 0.542. The summed E-state index contributed by atoms with van der Waals surface area (Å²) in [6.45, 7) is 5.90. The predicted molar refractivity (Wildman–Crippen MR) is 124 cm³/mol. The molecule has 0 radical (unpaired) electrons. The van der Waals surface area contributed by atoms with E-state index in [1.54, 1.807) is 23.0 Å². The van der Waals surface area contributed by atoms with Crippen LogP contribution in [0.4, 0.5) is 11.6 Å². The zero-order chi connectivity index (χ0) is 22.4. The molecule has 0 spiro atoms. The molecule has 1 saturated heterocycles. The van der Waals surface area contributed by atoms with Gasteiger partial charge < -0.3 is 19.9 Å². The van der Waals surface area contributed by atoms with E-state index in [0.717, 1.165) is 31.7 Å². The van der Waals surface area contributed by atoms with Crippen LogP contribution >= 0.6 is 0 Å². The van der Waals surface area contributed by atoms with E-state index < -0.39 is 0 Å². The normalized spacial score (nSPS) is 16.0. The minimum atomic E-state index is -0.251. The molecule has 1 aliphatic heterocycles. The van der Waals surface area contributed by atoms with Gasteiger partial charge in [-0.15, -0.1) is 0 Å². The second-order valence-corrected chi connectivity index (χ2v) is 7.93. The molecule has 3 heterocycles. The molecule has 1 fully saturated rings. The summed E-state index contributed by atoms with van der Waals surface area (Å²) >= 11 is 0. The van der Waals surface area contributed by atoms with Crippen LogP contribution in [0.1, 0.15) is 37.0 Å². The fourth-order valence-electron chi connectivity index (χ4n) is 3.53. The second-order valence-electron chi connectivity index (χ2n) is 7.93. The summed E-state index contributed by atoms with van der Waals surface area (Å²) in [5.74, 6) is 2.06. The maximum Gasteiger partial charge on any atom is 0.257 e. The Bertz CT molecular complexity index is 957. The van der Waals surface area contributed by atoms with E-state index in [9.17, 15) is 4.79 Å². The van der Waals surface area contributed by atoms with E-state index in [2.05, 4.69) is 27.3 Å². The van der Waals surface area contributed by atoms with Gasteiger partial charge >= 0.3 is 0 Å².